The maximum atomic E-state index is 11.1. The molecule has 1 rings (SSSR count). The Morgan fingerprint density at radius 3 is 3.00 bits per heavy atom. The summed E-state index contributed by atoms with van der Waals surface area (Å²) in [5.41, 5.74) is 1.58. The first-order valence-electron chi connectivity index (χ1n) is 4.03. The SMILES string of the molecule is COC(=O)/C(C)=C\c1[nH]ccc1C#N. The molecule has 0 aliphatic carbocycles. The summed E-state index contributed by atoms with van der Waals surface area (Å²) in [5.74, 6) is -0.400. The fourth-order valence-corrected chi connectivity index (χ4v) is 1.04. The number of aromatic amines is 1. The Labute approximate surface area is 81.8 Å². The first-order valence-corrected chi connectivity index (χ1v) is 4.03. The number of carbonyl (C=O) groups excluding carboxylic acids is 1. The van der Waals surface area contributed by atoms with Crippen LogP contribution in [0.4, 0.5) is 0 Å². The fraction of sp³-hybridized carbons (Fsp3) is 0.200. The molecule has 0 unspecified atom stereocenters. The normalized spacial score (nSPS) is 10.8. The molecule has 1 N–H and O–H groups in total. The number of aromatic nitrogens is 1. The predicted octanol–water partition coefficient (Wildman–Crippen LogP) is 1.46. The summed E-state index contributed by atoms with van der Waals surface area (Å²) in [4.78, 5) is 13.9. The minimum absolute atomic E-state index is 0.400. The van der Waals surface area contributed by atoms with Crippen LogP contribution in [0.25, 0.3) is 6.08 Å². The number of carbonyl (C=O) groups is 1. The van der Waals surface area contributed by atoms with Crippen LogP contribution in [-0.2, 0) is 9.53 Å². The summed E-state index contributed by atoms with van der Waals surface area (Å²) in [7, 11) is 1.32. The molecule has 0 radical (unpaired) electrons. The van der Waals surface area contributed by atoms with Crippen molar-refractivity contribution in [3.05, 3.63) is 29.1 Å². The molecule has 72 valence electrons. The van der Waals surface area contributed by atoms with E-state index in [1.54, 1.807) is 25.3 Å². The molecule has 0 aliphatic rings. The van der Waals surface area contributed by atoms with Crippen LogP contribution in [0.2, 0.25) is 0 Å². The van der Waals surface area contributed by atoms with Gasteiger partial charge in [-0.2, -0.15) is 5.26 Å². The van der Waals surface area contributed by atoms with Crippen molar-refractivity contribution in [1.82, 2.24) is 4.98 Å². The Kier molecular flexibility index (Phi) is 3.08. The lowest BCUT2D eigenvalue weighted by Crippen LogP contribution is -2.01. The number of nitriles is 1. The van der Waals surface area contributed by atoms with Gasteiger partial charge in [-0.05, 0) is 19.1 Å². The highest BCUT2D eigenvalue weighted by atomic mass is 16.5. The average molecular weight is 190 g/mol. The monoisotopic (exact) mass is 190 g/mol. The van der Waals surface area contributed by atoms with Gasteiger partial charge in [0.05, 0.1) is 18.4 Å². The van der Waals surface area contributed by atoms with Gasteiger partial charge in [-0.3, -0.25) is 0 Å². The molecule has 0 fully saturated rings. The van der Waals surface area contributed by atoms with Gasteiger partial charge >= 0.3 is 5.97 Å². The number of hydrogen-bond donors (Lipinski definition) is 1. The summed E-state index contributed by atoms with van der Waals surface area (Å²) in [6, 6.07) is 3.66. The molecule has 0 aromatic carbocycles. The summed E-state index contributed by atoms with van der Waals surface area (Å²) in [5, 5.41) is 8.70. The molecule has 0 saturated heterocycles. The maximum Gasteiger partial charge on any atom is 0.333 e. The molecular formula is C10H10N2O2. The van der Waals surface area contributed by atoms with E-state index in [9.17, 15) is 4.79 Å². The van der Waals surface area contributed by atoms with Gasteiger partial charge < -0.3 is 9.72 Å². The first kappa shape index (κ1) is 10.1. The predicted molar refractivity (Wildman–Crippen MR) is 51.2 cm³/mol. The zero-order valence-corrected chi connectivity index (χ0v) is 8.00. The summed E-state index contributed by atoms with van der Waals surface area (Å²) < 4.78 is 4.53. The largest absolute Gasteiger partial charge is 0.466 e. The van der Waals surface area contributed by atoms with Crippen LogP contribution < -0.4 is 0 Å². The van der Waals surface area contributed by atoms with Crippen molar-refractivity contribution >= 4 is 12.0 Å². The van der Waals surface area contributed by atoms with E-state index in [-0.39, 0.29) is 0 Å². The molecular weight excluding hydrogens is 180 g/mol. The molecule has 0 spiro atoms. The van der Waals surface area contributed by atoms with Crippen molar-refractivity contribution in [2.45, 2.75) is 6.92 Å². The number of nitrogens with zero attached hydrogens (tertiary/aromatic N) is 1. The highest BCUT2D eigenvalue weighted by Gasteiger charge is 2.05. The number of rotatable bonds is 2. The van der Waals surface area contributed by atoms with E-state index in [0.29, 0.717) is 16.8 Å². The number of H-pyrrole nitrogens is 1. The quantitative estimate of drug-likeness (QED) is 0.567. The van der Waals surface area contributed by atoms with Crippen LogP contribution in [0.1, 0.15) is 18.2 Å². The number of methoxy groups -OCH3 is 1. The third-order valence-electron chi connectivity index (χ3n) is 1.77. The summed E-state index contributed by atoms with van der Waals surface area (Å²) in [6.07, 6.45) is 3.24. The van der Waals surface area contributed by atoms with E-state index in [1.807, 2.05) is 6.07 Å². The van der Waals surface area contributed by atoms with Crippen LogP contribution in [0.3, 0.4) is 0 Å². The molecule has 0 saturated carbocycles. The van der Waals surface area contributed by atoms with Crippen LogP contribution in [0.5, 0.6) is 0 Å². The minimum atomic E-state index is -0.400. The molecule has 0 bridgehead atoms. The highest BCUT2D eigenvalue weighted by Crippen LogP contribution is 2.10. The van der Waals surface area contributed by atoms with Crippen molar-refractivity contribution in [3.63, 3.8) is 0 Å². The highest BCUT2D eigenvalue weighted by molar-refractivity contribution is 5.92. The molecule has 0 aliphatic heterocycles. The molecule has 4 heteroatoms. The van der Waals surface area contributed by atoms with Gasteiger partial charge in [-0.15, -0.1) is 0 Å². The lowest BCUT2D eigenvalue weighted by Gasteiger charge is -1.97. The molecule has 1 aromatic rings. The van der Waals surface area contributed by atoms with Gasteiger partial charge in [0, 0.05) is 11.8 Å². The van der Waals surface area contributed by atoms with E-state index in [1.165, 1.54) is 7.11 Å². The Morgan fingerprint density at radius 1 is 1.71 bits per heavy atom. The van der Waals surface area contributed by atoms with Gasteiger partial charge in [0.2, 0.25) is 0 Å². The zero-order valence-electron chi connectivity index (χ0n) is 8.00. The Bertz CT molecular complexity index is 410. The Balaban J connectivity index is 2.98. The van der Waals surface area contributed by atoms with E-state index in [0.717, 1.165) is 0 Å². The first-order chi connectivity index (χ1) is 6.69. The van der Waals surface area contributed by atoms with Gasteiger partial charge in [-0.1, -0.05) is 0 Å². The van der Waals surface area contributed by atoms with E-state index in [4.69, 9.17) is 5.26 Å². The van der Waals surface area contributed by atoms with Gasteiger partial charge in [0.25, 0.3) is 0 Å². The molecule has 0 atom stereocenters. The van der Waals surface area contributed by atoms with E-state index in [2.05, 4.69) is 9.72 Å². The molecule has 4 nitrogen and oxygen atoms in total. The third kappa shape index (κ3) is 2.02. The molecule has 14 heavy (non-hydrogen) atoms. The third-order valence-corrected chi connectivity index (χ3v) is 1.77. The van der Waals surface area contributed by atoms with Crippen LogP contribution in [0.15, 0.2) is 17.8 Å². The Morgan fingerprint density at radius 2 is 2.43 bits per heavy atom. The molecule has 0 amide bonds. The smallest absolute Gasteiger partial charge is 0.333 e. The number of nitrogens with one attached hydrogen (secondary N) is 1. The maximum absolute atomic E-state index is 11.1. The van der Waals surface area contributed by atoms with Crippen molar-refractivity contribution in [2.24, 2.45) is 0 Å². The fourth-order valence-electron chi connectivity index (χ4n) is 1.04. The number of hydrogen-bond acceptors (Lipinski definition) is 3. The van der Waals surface area contributed by atoms with Crippen molar-refractivity contribution in [1.29, 1.82) is 5.26 Å². The van der Waals surface area contributed by atoms with Crippen molar-refractivity contribution in [2.75, 3.05) is 7.11 Å². The standard InChI is InChI=1S/C10H10N2O2/c1-7(10(13)14-2)5-9-8(6-11)3-4-12-9/h3-5,12H,1-2H3/b7-5-. The second kappa shape index (κ2) is 4.28. The van der Waals surface area contributed by atoms with Crippen LogP contribution >= 0.6 is 0 Å². The topological polar surface area (TPSA) is 65.9 Å². The lowest BCUT2D eigenvalue weighted by atomic mass is 10.2. The summed E-state index contributed by atoms with van der Waals surface area (Å²) in [6.45, 7) is 1.63. The molecule has 1 aromatic heterocycles. The second-order valence-corrected chi connectivity index (χ2v) is 2.74. The number of esters is 1. The van der Waals surface area contributed by atoms with Gasteiger partial charge in [0.15, 0.2) is 0 Å². The van der Waals surface area contributed by atoms with Gasteiger partial charge in [-0.25, -0.2) is 4.79 Å². The Hall–Kier alpha value is -2.02. The van der Waals surface area contributed by atoms with E-state index >= 15 is 0 Å². The second-order valence-electron chi connectivity index (χ2n) is 2.74. The van der Waals surface area contributed by atoms with Crippen molar-refractivity contribution in [3.8, 4) is 6.07 Å². The van der Waals surface area contributed by atoms with Crippen LogP contribution in [-0.4, -0.2) is 18.1 Å². The summed E-state index contributed by atoms with van der Waals surface area (Å²) >= 11 is 0. The molecule has 1 heterocycles. The van der Waals surface area contributed by atoms with Crippen LogP contribution in [0, 0.1) is 11.3 Å². The van der Waals surface area contributed by atoms with Gasteiger partial charge in [0.1, 0.15) is 6.07 Å². The number of ether oxygens (including phenoxy) is 1. The minimum Gasteiger partial charge on any atom is -0.466 e. The van der Waals surface area contributed by atoms with Crippen molar-refractivity contribution < 1.29 is 9.53 Å². The lowest BCUT2D eigenvalue weighted by molar-refractivity contribution is -0.135. The average Bonchev–Trinajstić information content (AvgIpc) is 2.63. The zero-order chi connectivity index (χ0) is 10.6. The van der Waals surface area contributed by atoms with E-state index < -0.39 is 5.97 Å².